The summed E-state index contributed by atoms with van der Waals surface area (Å²) in [5.74, 6) is -1.35. The molecule has 2 aromatic carbocycles. The zero-order valence-electron chi connectivity index (χ0n) is 17.3. The number of allylic oxidation sites excluding steroid dienone is 3. The normalized spacial score (nSPS) is 12.7. The number of nitrogens with one attached hydrogen (secondary N) is 2. The van der Waals surface area contributed by atoms with Gasteiger partial charge in [0.25, 0.3) is 5.91 Å². The van der Waals surface area contributed by atoms with Crippen molar-refractivity contribution < 1.29 is 19.1 Å². The summed E-state index contributed by atoms with van der Waals surface area (Å²) in [6.45, 7) is 1.67. The number of amides is 2. The van der Waals surface area contributed by atoms with Crippen molar-refractivity contribution in [2.24, 2.45) is 0 Å². The van der Waals surface area contributed by atoms with Crippen LogP contribution >= 0.6 is 0 Å². The molecule has 0 unspecified atom stereocenters. The van der Waals surface area contributed by atoms with Crippen molar-refractivity contribution in [3.63, 3.8) is 0 Å². The van der Waals surface area contributed by atoms with Crippen LogP contribution in [0.15, 0.2) is 78.6 Å². The lowest BCUT2D eigenvalue weighted by Gasteiger charge is -2.17. The van der Waals surface area contributed by atoms with Gasteiger partial charge in [0.15, 0.2) is 0 Å². The minimum Gasteiger partial charge on any atom is -0.464 e. The minimum absolute atomic E-state index is 0.216. The van der Waals surface area contributed by atoms with E-state index in [2.05, 4.69) is 16.4 Å². The van der Waals surface area contributed by atoms with Gasteiger partial charge in [-0.3, -0.25) is 9.59 Å². The van der Waals surface area contributed by atoms with E-state index in [-0.39, 0.29) is 19.1 Å². The van der Waals surface area contributed by atoms with E-state index in [0.29, 0.717) is 12.0 Å². The van der Waals surface area contributed by atoms with Gasteiger partial charge in [-0.05, 0) is 42.3 Å². The summed E-state index contributed by atoms with van der Waals surface area (Å²) in [7, 11) is 0. The van der Waals surface area contributed by atoms with Gasteiger partial charge in [0.1, 0.15) is 6.04 Å². The fourth-order valence-electron chi connectivity index (χ4n) is 3.13. The summed E-state index contributed by atoms with van der Waals surface area (Å²) in [5, 5.41) is 5.26. The Balaban J connectivity index is 1.58. The molecule has 1 aliphatic rings. The van der Waals surface area contributed by atoms with Crippen molar-refractivity contribution in [1.29, 1.82) is 0 Å². The summed E-state index contributed by atoms with van der Waals surface area (Å²) in [6, 6.07) is 15.6. The molecule has 0 bridgehead atoms. The second-order valence-corrected chi connectivity index (χ2v) is 6.91. The summed E-state index contributed by atoms with van der Waals surface area (Å²) >= 11 is 0. The molecular weight excluding hydrogens is 392 g/mol. The molecule has 3 rings (SSSR count). The summed E-state index contributed by atoms with van der Waals surface area (Å²) < 4.78 is 5.08. The lowest BCUT2D eigenvalue weighted by molar-refractivity contribution is -0.147. The van der Waals surface area contributed by atoms with Gasteiger partial charge in [-0.2, -0.15) is 0 Å². The molecule has 1 atom stereocenters. The van der Waals surface area contributed by atoms with Crippen molar-refractivity contribution in [2.75, 3.05) is 13.2 Å². The number of ether oxygens (including phenoxy) is 1. The maximum absolute atomic E-state index is 12.5. The monoisotopic (exact) mass is 416 g/mol. The SMILES string of the molecule is CCOC(=O)[C@@H](Cc1ccccc1)NC(=O)CNC(=O)c1cccc(C2=C=CC=C2)c1. The zero-order valence-corrected chi connectivity index (χ0v) is 17.3. The molecule has 31 heavy (non-hydrogen) atoms. The maximum atomic E-state index is 12.5. The highest BCUT2D eigenvalue weighted by Crippen LogP contribution is 2.18. The van der Waals surface area contributed by atoms with Gasteiger partial charge in [0.2, 0.25) is 5.91 Å². The number of carbonyl (C=O) groups excluding carboxylic acids is 3. The lowest BCUT2D eigenvalue weighted by Crippen LogP contribution is -2.47. The van der Waals surface area contributed by atoms with Crippen LogP contribution in [0.3, 0.4) is 0 Å². The van der Waals surface area contributed by atoms with Crippen LogP contribution in [0.4, 0.5) is 0 Å². The molecule has 2 aromatic rings. The molecule has 6 heteroatoms. The first kappa shape index (κ1) is 21.8. The number of hydrogen-bond acceptors (Lipinski definition) is 4. The highest BCUT2D eigenvalue weighted by atomic mass is 16.5. The van der Waals surface area contributed by atoms with E-state index in [9.17, 15) is 14.4 Å². The van der Waals surface area contributed by atoms with Crippen LogP contribution in [0.1, 0.15) is 28.4 Å². The third kappa shape index (κ3) is 6.29. The fourth-order valence-corrected chi connectivity index (χ4v) is 3.13. The molecule has 6 nitrogen and oxygen atoms in total. The Hall–Kier alpha value is -3.89. The molecule has 0 spiro atoms. The molecular formula is C25H24N2O4. The highest BCUT2D eigenvalue weighted by molar-refractivity contribution is 5.98. The van der Waals surface area contributed by atoms with Crippen molar-refractivity contribution in [1.82, 2.24) is 10.6 Å². The average molecular weight is 416 g/mol. The lowest BCUT2D eigenvalue weighted by atomic mass is 10.0. The Morgan fingerprint density at radius 1 is 1.06 bits per heavy atom. The topological polar surface area (TPSA) is 84.5 Å². The molecule has 0 saturated heterocycles. The quantitative estimate of drug-likeness (QED) is 0.486. The van der Waals surface area contributed by atoms with Gasteiger partial charge in [-0.1, -0.05) is 48.5 Å². The number of carbonyl (C=O) groups is 3. The first-order valence-corrected chi connectivity index (χ1v) is 10.1. The van der Waals surface area contributed by atoms with Crippen LogP contribution in [0.2, 0.25) is 0 Å². The molecule has 0 saturated carbocycles. The molecule has 1 aliphatic carbocycles. The largest absolute Gasteiger partial charge is 0.464 e. The van der Waals surface area contributed by atoms with Crippen LogP contribution in [0.5, 0.6) is 0 Å². The van der Waals surface area contributed by atoms with Gasteiger partial charge in [-0.15, -0.1) is 5.73 Å². The van der Waals surface area contributed by atoms with Gasteiger partial charge in [0, 0.05) is 17.6 Å². The van der Waals surface area contributed by atoms with E-state index in [1.807, 2.05) is 54.6 Å². The Kier molecular flexibility index (Phi) is 7.57. The second-order valence-electron chi connectivity index (χ2n) is 6.91. The van der Waals surface area contributed by atoms with Crippen LogP contribution in [-0.2, 0) is 20.7 Å². The van der Waals surface area contributed by atoms with Crippen molar-refractivity contribution >= 4 is 23.4 Å². The third-order valence-electron chi connectivity index (χ3n) is 4.63. The fraction of sp³-hybridized carbons (Fsp3) is 0.200. The average Bonchev–Trinajstić information content (AvgIpc) is 3.33. The molecule has 0 aromatic heterocycles. The molecule has 0 fully saturated rings. The molecule has 0 radical (unpaired) electrons. The van der Waals surface area contributed by atoms with E-state index in [1.165, 1.54) is 0 Å². The van der Waals surface area contributed by atoms with Crippen molar-refractivity contribution in [3.8, 4) is 0 Å². The van der Waals surface area contributed by atoms with E-state index < -0.39 is 17.9 Å². The van der Waals surface area contributed by atoms with Gasteiger partial charge < -0.3 is 15.4 Å². The van der Waals surface area contributed by atoms with Crippen LogP contribution < -0.4 is 10.6 Å². The van der Waals surface area contributed by atoms with E-state index >= 15 is 0 Å². The molecule has 0 aliphatic heterocycles. The Bertz CT molecular complexity index is 1050. The summed E-state index contributed by atoms with van der Waals surface area (Å²) in [6.07, 6.45) is 5.90. The van der Waals surface area contributed by atoms with Gasteiger partial charge in [0.05, 0.1) is 13.2 Å². The first-order valence-electron chi connectivity index (χ1n) is 10.1. The van der Waals surface area contributed by atoms with Crippen molar-refractivity contribution in [2.45, 2.75) is 19.4 Å². The maximum Gasteiger partial charge on any atom is 0.328 e. The third-order valence-corrected chi connectivity index (χ3v) is 4.63. The van der Waals surface area contributed by atoms with Gasteiger partial charge in [-0.25, -0.2) is 4.79 Å². The standard InChI is InChI=1S/C25H24N2O4/c1-2-31-25(30)22(15-18-9-4-3-5-10-18)27-23(28)17-26-24(29)21-14-8-13-20(16-21)19-11-6-7-12-19/h3-11,13-14,16,22H,2,15,17H2,1H3,(H,26,29)(H,27,28)/t22-/m1/s1. The highest BCUT2D eigenvalue weighted by Gasteiger charge is 2.22. The smallest absolute Gasteiger partial charge is 0.328 e. The Morgan fingerprint density at radius 3 is 2.58 bits per heavy atom. The molecule has 158 valence electrons. The van der Waals surface area contributed by atoms with E-state index in [0.717, 1.165) is 16.7 Å². The number of benzene rings is 2. The summed E-state index contributed by atoms with van der Waals surface area (Å²) in [4.78, 5) is 37.2. The van der Waals surface area contributed by atoms with E-state index in [4.69, 9.17) is 4.74 Å². The van der Waals surface area contributed by atoms with E-state index in [1.54, 1.807) is 25.1 Å². The predicted octanol–water partition coefficient (Wildman–Crippen LogP) is 2.82. The Labute approximate surface area is 181 Å². The Morgan fingerprint density at radius 2 is 1.87 bits per heavy atom. The van der Waals surface area contributed by atoms with Gasteiger partial charge >= 0.3 is 5.97 Å². The minimum atomic E-state index is -0.831. The first-order chi connectivity index (χ1) is 15.1. The number of esters is 1. The molecule has 0 heterocycles. The van der Waals surface area contributed by atoms with Crippen LogP contribution in [0.25, 0.3) is 5.57 Å². The zero-order chi connectivity index (χ0) is 22.1. The van der Waals surface area contributed by atoms with Crippen LogP contribution in [-0.4, -0.2) is 37.0 Å². The molecule has 2 N–H and O–H groups in total. The summed E-state index contributed by atoms with van der Waals surface area (Å²) in [5.41, 5.74) is 6.19. The number of hydrogen-bond donors (Lipinski definition) is 2. The second kappa shape index (κ2) is 10.8. The van der Waals surface area contributed by atoms with Crippen LogP contribution in [0, 0.1) is 0 Å². The predicted molar refractivity (Wildman–Crippen MR) is 118 cm³/mol. The number of rotatable bonds is 9. The molecule has 2 amide bonds. The van der Waals surface area contributed by atoms with Crippen molar-refractivity contribution in [3.05, 3.63) is 95.2 Å².